The first-order chi connectivity index (χ1) is 4.34. The molecule has 0 spiro atoms. The second kappa shape index (κ2) is 3.08. The Balaban J connectivity index is 3.87. The van der Waals surface area contributed by atoms with Gasteiger partial charge < -0.3 is 4.74 Å². The molecule has 2 nitrogen and oxygen atoms in total. The van der Waals surface area contributed by atoms with Gasteiger partial charge in [0, 0.05) is 0 Å². The van der Waals surface area contributed by atoms with Crippen molar-refractivity contribution in [3.63, 3.8) is 0 Å². The van der Waals surface area contributed by atoms with E-state index in [2.05, 4.69) is 0 Å². The van der Waals surface area contributed by atoms with Crippen molar-refractivity contribution in [2.24, 2.45) is 5.41 Å². The highest BCUT2D eigenvalue weighted by molar-refractivity contribution is 6.11. The molecule has 0 saturated heterocycles. The third-order valence-electron chi connectivity index (χ3n) is 0.905. The summed E-state index contributed by atoms with van der Waals surface area (Å²) >= 11 is 0. The first-order valence-electron chi connectivity index (χ1n) is 3.30. The highest BCUT2D eigenvalue weighted by Gasteiger charge is 2.23. The van der Waals surface area contributed by atoms with Gasteiger partial charge >= 0.3 is 5.97 Å². The summed E-state index contributed by atoms with van der Waals surface area (Å²) in [5.74, 6) is -0.262. The van der Waals surface area contributed by atoms with Gasteiger partial charge in [0.1, 0.15) is 7.85 Å². The maximum Gasteiger partial charge on any atom is 0.310 e. The van der Waals surface area contributed by atoms with Crippen LogP contribution in [0.15, 0.2) is 0 Å². The lowest BCUT2D eigenvalue weighted by molar-refractivity contribution is -0.154. The lowest BCUT2D eigenvalue weighted by atomic mass is 9.96. The largest absolute Gasteiger partial charge is 0.473 e. The molecule has 1 atom stereocenters. The van der Waals surface area contributed by atoms with Gasteiger partial charge in [-0.25, -0.2) is 0 Å². The predicted octanol–water partition coefficient (Wildman–Crippen LogP) is 1.09. The summed E-state index contributed by atoms with van der Waals surface area (Å²) in [4.78, 5) is 11.0. The SMILES string of the molecule is [B]C(C)OC(=O)C(C)(C)C. The van der Waals surface area contributed by atoms with Crippen LogP contribution in [0.2, 0.25) is 0 Å². The van der Waals surface area contributed by atoms with Crippen molar-refractivity contribution >= 4 is 13.8 Å². The quantitative estimate of drug-likeness (QED) is 0.402. The molecule has 0 amide bonds. The van der Waals surface area contributed by atoms with Crippen LogP contribution in [0.3, 0.4) is 0 Å². The van der Waals surface area contributed by atoms with Crippen LogP contribution < -0.4 is 0 Å². The average molecular weight is 140 g/mol. The molecule has 10 heavy (non-hydrogen) atoms. The number of rotatable bonds is 1. The summed E-state index contributed by atoms with van der Waals surface area (Å²) in [5, 5.41) is 0. The van der Waals surface area contributed by atoms with Crippen LogP contribution in [0, 0.1) is 5.41 Å². The van der Waals surface area contributed by atoms with E-state index in [1.54, 1.807) is 27.7 Å². The van der Waals surface area contributed by atoms with Crippen LogP contribution in [0.25, 0.3) is 0 Å². The summed E-state index contributed by atoms with van der Waals surface area (Å²) in [6.07, 6.45) is 0. The Kier molecular flexibility index (Phi) is 2.94. The van der Waals surface area contributed by atoms with Crippen molar-refractivity contribution in [1.82, 2.24) is 0 Å². The highest BCUT2D eigenvalue weighted by Crippen LogP contribution is 2.15. The number of carbonyl (C=O) groups is 1. The van der Waals surface area contributed by atoms with Gasteiger partial charge in [0.05, 0.1) is 11.4 Å². The van der Waals surface area contributed by atoms with Gasteiger partial charge in [0.25, 0.3) is 0 Å². The maximum atomic E-state index is 11.0. The molecule has 0 heterocycles. The van der Waals surface area contributed by atoms with E-state index in [0.717, 1.165) is 0 Å². The molecule has 0 aliphatic heterocycles. The van der Waals surface area contributed by atoms with Gasteiger partial charge in [-0.15, -0.1) is 0 Å². The van der Waals surface area contributed by atoms with E-state index in [1.807, 2.05) is 0 Å². The standard InChI is InChI=1S/C7H13BO2/c1-5(8)10-6(9)7(2,3)4/h5H,1-4H3. The van der Waals surface area contributed by atoms with Crippen LogP contribution in [0.1, 0.15) is 27.7 Å². The molecule has 0 bridgehead atoms. The molecule has 0 aromatic carbocycles. The van der Waals surface area contributed by atoms with E-state index in [9.17, 15) is 4.79 Å². The van der Waals surface area contributed by atoms with E-state index in [-0.39, 0.29) is 5.97 Å². The van der Waals surface area contributed by atoms with Crippen molar-refractivity contribution in [2.45, 2.75) is 33.7 Å². The zero-order valence-electron chi connectivity index (χ0n) is 6.97. The summed E-state index contributed by atoms with van der Waals surface area (Å²) in [7, 11) is 5.25. The fourth-order valence-corrected chi connectivity index (χ4v) is 0.346. The zero-order valence-corrected chi connectivity index (χ0v) is 6.97. The molecule has 3 heteroatoms. The van der Waals surface area contributed by atoms with Crippen molar-refractivity contribution in [3.05, 3.63) is 0 Å². The Labute approximate surface area is 63.4 Å². The van der Waals surface area contributed by atoms with Gasteiger partial charge in [-0.1, -0.05) is 0 Å². The van der Waals surface area contributed by atoms with Crippen LogP contribution >= 0.6 is 0 Å². The second-order valence-corrected chi connectivity index (χ2v) is 3.36. The van der Waals surface area contributed by atoms with Crippen molar-refractivity contribution in [2.75, 3.05) is 0 Å². The van der Waals surface area contributed by atoms with Crippen molar-refractivity contribution in [1.29, 1.82) is 0 Å². The Morgan fingerprint density at radius 1 is 1.50 bits per heavy atom. The molecular formula is C7H13BO2. The number of hydrogen-bond donors (Lipinski definition) is 0. The Bertz CT molecular complexity index is 124. The third kappa shape index (κ3) is 3.54. The lowest BCUT2D eigenvalue weighted by Gasteiger charge is -2.18. The highest BCUT2D eigenvalue weighted by atomic mass is 16.5. The van der Waals surface area contributed by atoms with Gasteiger partial charge in [-0.2, -0.15) is 0 Å². The fraction of sp³-hybridized carbons (Fsp3) is 0.857. The van der Waals surface area contributed by atoms with Gasteiger partial charge in [0.15, 0.2) is 0 Å². The van der Waals surface area contributed by atoms with E-state index in [1.165, 1.54) is 0 Å². The smallest absolute Gasteiger partial charge is 0.310 e. The monoisotopic (exact) mass is 140 g/mol. The van der Waals surface area contributed by atoms with Gasteiger partial charge in [0.2, 0.25) is 0 Å². The second-order valence-electron chi connectivity index (χ2n) is 3.36. The van der Waals surface area contributed by atoms with Crippen molar-refractivity contribution in [3.8, 4) is 0 Å². The fourth-order valence-electron chi connectivity index (χ4n) is 0.346. The number of esters is 1. The minimum absolute atomic E-state index is 0.262. The minimum Gasteiger partial charge on any atom is -0.473 e. The molecule has 0 N–H and O–H groups in total. The molecule has 0 aromatic rings. The number of carbonyl (C=O) groups excluding carboxylic acids is 1. The average Bonchev–Trinajstić information content (AvgIpc) is 1.60. The molecule has 0 aromatic heterocycles. The first-order valence-corrected chi connectivity index (χ1v) is 3.30. The molecule has 56 valence electrons. The summed E-state index contributed by atoms with van der Waals surface area (Å²) in [6, 6.07) is -0.508. The minimum atomic E-state index is -0.508. The van der Waals surface area contributed by atoms with Crippen molar-refractivity contribution < 1.29 is 9.53 Å². The van der Waals surface area contributed by atoms with E-state index in [0.29, 0.717) is 0 Å². The predicted molar refractivity (Wildman–Crippen MR) is 40.8 cm³/mol. The number of hydrogen-bond acceptors (Lipinski definition) is 2. The van der Waals surface area contributed by atoms with E-state index in [4.69, 9.17) is 12.6 Å². The molecule has 1 unspecified atom stereocenters. The van der Waals surface area contributed by atoms with Crippen LogP contribution in [0.4, 0.5) is 0 Å². The van der Waals surface area contributed by atoms with E-state index >= 15 is 0 Å². The lowest BCUT2D eigenvalue weighted by Crippen LogP contribution is -2.26. The summed E-state index contributed by atoms with van der Waals surface area (Å²) < 4.78 is 4.75. The third-order valence-corrected chi connectivity index (χ3v) is 0.905. The summed E-state index contributed by atoms with van der Waals surface area (Å²) in [5.41, 5.74) is -0.451. The topological polar surface area (TPSA) is 26.3 Å². The van der Waals surface area contributed by atoms with Crippen LogP contribution in [-0.4, -0.2) is 19.8 Å². The Morgan fingerprint density at radius 2 is 1.90 bits per heavy atom. The normalized spacial score (nSPS) is 14.4. The molecule has 0 saturated carbocycles. The molecule has 0 fully saturated rings. The summed E-state index contributed by atoms with van der Waals surface area (Å²) in [6.45, 7) is 7.00. The first kappa shape index (κ1) is 9.53. The van der Waals surface area contributed by atoms with Crippen LogP contribution in [-0.2, 0) is 9.53 Å². The molecular weight excluding hydrogens is 127 g/mol. The molecule has 0 rings (SSSR count). The molecule has 0 aliphatic rings. The van der Waals surface area contributed by atoms with Gasteiger partial charge in [-0.3, -0.25) is 4.79 Å². The number of ether oxygens (including phenoxy) is 1. The van der Waals surface area contributed by atoms with Crippen LogP contribution in [0.5, 0.6) is 0 Å². The Hall–Kier alpha value is -0.465. The zero-order chi connectivity index (χ0) is 8.36. The Morgan fingerprint density at radius 3 is 2.00 bits per heavy atom. The van der Waals surface area contributed by atoms with Gasteiger partial charge in [-0.05, 0) is 27.7 Å². The molecule has 0 aliphatic carbocycles. The molecule has 2 radical (unpaired) electrons. The van der Waals surface area contributed by atoms with E-state index < -0.39 is 11.4 Å². The maximum absolute atomic E-state index is 11.0.